The average molecular weight is 305 g/mol. The van der Waals surface area contributed by atoms with Gasteiger partial charge < -0.3 is 10.1 Å². The van der Waals surface area contributed by atoms with Gasteiger partial charge in [-0.1, -0.05) is 32.0 Å². The first-order valence-corrected chi connectivity index (χ1v) is 6.96. The van der Waals surface area contributed by atoms with Gasteiger partial charge in [0.25, 0.3) is 0 Å². The van der Waals surface area contributed by atoms with Crippen molar-refractivity contribution < 1.29 is 4.74 Å². The number of nitrogens with zero attached hydrogens (tertiary/aromatic N) is 1. The van der Waals surface area contributed by atoms with E-state index in [9.17, 15) is 0 Å². The third-order valence-electron chi connectivity index (χ3n) is 3.94. The lowest BCUT2D eigenvalue weighted by atomic mass is 9.88. The third kappa shape index (κ3) is 2.84. The highest BCUT2D eigenvalue weighted by Crippen LogP contribution is 2.38. The molecule has 0 saturated heterocycles. The Hall–Kier alpha value is -1.74. The topological polar surface area (TPSA) is 34.1 Å². The number of hydrogen-bond acceptors (Lipinski definition) is 3. The number of para-hydroxylation sites is 1. The minimum atomic E-state index is 0. The van der Waals surface area contributed by atoms with Gasteiger partial charge in [0.05, 0.1) is 0 Å². The molecule has 4 heteroatoms. The second-order valence-corrected chi connectivity index (χ2v) is 6.13. The highest BCUT2D eigenvalue weighted by Gasteiger charge is 2.30. The van der Waals surface area contributed by atoms with Crippen LogP contribution in [0.2, 0.25) is 0 Å². The predicted molar refractivity (Wildman–Crippen MR) is 89.0 cm³/mol. The van der Waals surface area contributed by atoms with E-state index in [1.807, 2.05) is 18.3 Å². The molecule has 1 N–H and O–H groups in total. The Balaban J connectivity index is 0.00000161. The number of ether oxygens (including phenoxy) is 1. The Morgan fingerprint density at radius 1 is 1.19 bits per heavy atom. The van der Waals surface area contributed by atoms with Gasteiger partial charge in [-0.3, -0.25) is 0 Å². The van der Waals surface area contributed by atoms with E-state index < -0.39 is 0 Å². The van der Waals surface area contributed by atoms with E-state index in [2.05, 4.69) is 50.1 Å². The Kier molecular flexibility index (Phi) is 4.15. The standard InChI is InChI=1S/C17H20N2O.ClH/c1-11-6-5-7-12(2)16(11)20-15-8-14-13(9-18-15)17(3,4)10-19-14;/h5-9,19H,10H2,1-4H3;1H. The number of hydrogen-bond donors (Lipinski definition) is 1. The van der Waals surface area contributed by atoms with E-state index in [1.165, 1.54) is 5.56 Å². The van der Waals surface area contributed by atoms with E-state index in [1.54, 1.807) is 0 Å². The summed E-state index contributed by atoms with van der Waals surface area (Å²) < 4.78 is 5.98. The van der Waals surface area contributed by atoms with Gasteiger partial charge in [0.15, 0.2) is 0 Å². The minimum absolute atomic E-state index is 0. The average Bonchev–Trinajstić information content (AvgIpc) is 2.70. The van der Waals surface area contributed by atoms with Crippen molar-refractivity contribution in [1.29, 1.82) is 0 Å². The zero-order chi connectivity index (χ0) is 14.3. The van der Waals surface area contributed by atoms with E-state index >= 15 is 0 Å². The summed E-state index contributed by atoms with van der Waals surface area (Å²) in [5.41, 5.74) is 4.78. The van der Waals surface area contributed by atoms with Crippen molar-refractivity contribution in [2.24, 2.45) is 0 Å². The van der Waals surface area contributed by atoms with Crippen LogP contribution in [-0.2, 0) is 5.41 Å². The lowest BCUT2D eigenvalue weighted by molar-refractivity contribution is 0.455. The molecule has 0 fully saturated rings. The van der Waals surface area contributed by atoms with Crippen molar-refractivity contribution in [2.45, 2.75) is 33.1 Å². The van der Waals surface area contributed by atoms with Crippen LogP contribution >= 0.6 is 12.4 Å². The maximum atomic E-state index is 5.98. The number of benzene rings is 1. The number of aryl methyl sites for hydroxylation is 2. The van der Waals surface area contributed by atoms with Gasteiger partial charge in [0.2, 0.25) is 5.88 Å². The molecular formula is C17H21ClN2O. The van der Waals surface area contributed by atoms with Crippen molar-refractivity contribution in [2.75, 3.05) is 11.9 Å². The molecule has 0 bridgehead atoms. The van der Waals surface area contributed by atoms with Crippen molar-refractivity contribution in [1.82, 2.24) is 4.98 Å². The van der Waals surface area contributed by atoms with Gasteiger partial charge in [0, 0.05) is 35.5 Å². The number of fused-ring (bicyclic) bond motifs is 1. The van der Waals surface area contributed by atoms with Crippen LogP contribution in [0.25, 0.3) is 0 Å². The summed E-state index contributed by atoms with van der Waals surface area (Å²) in [4.78, 5) is 4.46. The fraction of sp³-hybridized carbons (Fsp3) is 0.353. The van der Waals surface area contributed by atoms with Crippen molar-refractivity contribution in [3.05, 3.63) is 47.2 Å². The van der Waals surface area contributed by atoms with Gasteiger partial charge in [-0.25, -0.2) is 4.98 Å². The van der Waals surface area contributed by atoms with Crippen molar-refractivity contribution in [3.63, 3.8) is 0 Å². The number of rotatable bonds is 2. The first-order valence-electron chi connectivity index (χ1n) is 6.96. The van der Waals surface area contributed by atoms with E-state index in [-0.39, 0.29) is 17.8 Å². The Morgan fingerprint density at radius 3 is 2.52 bits per heavy atom. The van der Waals surface area contributed by atoms with Gasteiger partial charge in [0.1, 0.15) is 5.75 Å². The van der Waals surface area contributed by atoms with Crippen LogP contribution in [0.15, 0.2) is 30.5 Å². The fourth-order valence-electron chi connectivity index (χ4n) is 2.65. The van der Waals surface area contributed by atoms with Gasteiger partial charge >= 0.3 is 0 Å². The first-order chi connectivity index (χ1) is 9.47. The molecule has 0 aliphatic carbocycles. The van der Waals surface area contributed by atoms with Gasteiger partial charge in [-0.2, -0.15) is 0 Å². The number of anilines is 1. The first kappa shape index (κ1) is 15.6. The molecule has 0 radical (unpaired) electrons. The second-order valence-electron chi connectivity index (χ2n) is 6.13. The molecule has 0 saturated carbocycles. The van der Waals surface area contributed by atoms with Crippen LogP contribution in [0.5, 0.6) is 11.6 Å². The minimum Gasteiger partial charge on any atom is -0.438 e. The smallest absolute Gasteiger partial charge is 0.221 e. The highest BCUT2D eigenvalue weighted by molar-refractivity contribution is 5.85. The lowest BCUT2D eigenvalue weighted by Gasteiger charge is -2.16. The molecule has 112 valence electrons. The summed E-state index contributed by atoms with van der Waals surface area (Å²) in [6, 6.07) is 8.14. The molecule has 1 aromatic heterocycles. The number of pyridine rings is 1. The quantitative estimate of drug-likeness (QED) is 0.879. The number of halogens is 1. The molecule has 1 aliphatic heterocycles. The van der Waals surface area contributed by atoms with Crippen LogP contribution in [0.3, 0.4) is 0 Å². The second kappa shape index (κ2) is 5.57. The normalized spacial score (nSPS) is 14.9. The molecular weight excluding hydrogens is 284 g/mol. The Morgan fingerprint density at radius 2 is 1.86 bits per heavy atom. The van der Waals surface area contributed by atoms with Crippen LogP contribution < -0.4 is 10.1 Å². The van der Waals surface area contributed by atoms with Crippen LogP contribution in [0, 0.1) is 13.8 Å². The van der Waals surface area contributed by atoms with Gasteiger partial charge in [-0.05, 0) is 25.0 Å². The predicted octanol–water partition coefficient (Wildman–Crippen LogP) is 4.62. The Bertz CT molecular complexity index is 648. The maximum absolute atomic E-state index is 5.98. The molecule has 0 unspecified atom stereocenters. The molecule has 1 aliphatic rings. The van der Waals surface area contributed by atoms with E-state index in [0.717, 1.165) is 29.1 Å². The van der Waals surface area contributed by atoms with Crippen LogP contribution in [0.1, 0.15) is 30.5 Å². The molecule has 21 heavy (non-hydrogen) atoms. The maximum Gasteiger partial charge on any atom is 0.221 e. The number of nitrogens with one attached hydrogen (secondary N) is 1. The molecule has 0 atom stereocenters. The lowest BCUT2D eigenvalue weighted by Crippen LogP contribution is -2.18. The highest BCUT2D eigenvalue weighted by atomic mass is 35.5. The Labute approximate surface area is 132 Å². The summed E-state index contributed by atoms with van der Waals surface area (Å²) in [6.07, 6.45) is 1.93. The molecule has 2 aromatic rings. The molecule has 3 nitrogen and oxygen atoms in total. The van der Waals surface area contributed by atoms with Crippen molar-refractivity contribution >= 4 is 18.1 Å². The molecule has 3 rings (SSSR count). The summed E-state index contributed by atoms with van der Waals surface area (Å²) in [5.74, 6) is 1.54. The SMILES string of the molecule is Cc1cccc(C)c1Oc1cc2c(cn1)C(C)(C)CN2.Cl. The van der Waals surface area contributed by atoms with E-state index in [4.69, 9.17) is 4.74 Å². The molecule has 2 heterocycles. The fourth-order valence-corrected chi connectivity index (χ4v) is 2.65. The van der Waals surface area contributed by atoms with Gasteiger partial charge in [-0.15, -0.1) is 12.4 Å². The molecule has 1 aromatic carbocycles. The third-order valence-corrected chi connectivity index (χ3v) is 3.94. The zero-order valence-corrected chi connectivity index (χ0v) is 13.7. The largest absolute Gasteiger partial charge is 0.438 e. The number of aromatic nitrogens is 1. The van der Waals surface area contributed by atoms with Crippen LogP contribution in [-0.4, -0.2) is 11.5 Å². The molecule has 0 amide bonds. The summed E-state index contributed by atoms with van der Waals surface area (Å²) in [6.45, 7) is 9.49. The summed E-state index contributed by atoms with van der Waals surface area (Å²) >= 11 is 0. The monoisotopic (exact) mass is 304 g/mol. The van der Waals surface area contributed by atoms with Crippen molar-refractivity contribution in [3.8, 4) is 11.6 Å². The summed E-state index contributed by atoms with van der Waals surface area (Å²) in [7, 11) is 0. The zero-order valence-electron chi connectivity index (χ0n) is 12.9. The van der Waals surface area contributed by atoms with Crippen LogP contribution in [0.4, 0.5) is 5.69 Å². The molecule has 0 spiro atoms. The van der Waals surface area contributed by atoms with E-state index in [0.29, 0.717) is 5.88 Å². The summed E-state index contributed by atoms with van der Waals surface area (Å²) in [5, 5.41) is 3.43.